The van der Waals surface area contributed by atoms with E-state index in [4.69, 9.17) is 4.74 Å². The molecule has 0 bridgehead atoms. The summed E-state index contributed by atoms with van der Waals surface area (Å²) in [5, 5.41) is 13.1. The molecule has 5 heteroatoms. The van der Waals surface area contributed by atoms with E-state index in [1.807, 2.05) is 69.3 Å². The first-order chi connectivity index (χ1) is 12.4. The Bertz CT molecular complexity index is 990. The maximum atomic E-state index is 12.2. The van der Waals surface area contributed by atoms with Gasteiger partial charge in [-0.15, -0.1) is 0 Å². The van der Waals surface area contributed by atoms with Crippen molar-refractivity contribution in [2.24, 2.45) is 0 Å². The number of para-hydroxylation sites is 2. The van der Waals surface area contributed by atoms with Crippen molar-refractivity contribution in [3.63, 3.8) is 0 Å². The SMILES string of the molecule is CC(C)(C)OC(=O)Nc1ccccc1-c1[nH]c2ccccc2c1CC#N. The van der Waals surface area contributed by atoms with E-state index in [0.29, 0.717) is 5.69 Å². The highest BCUT2D eigenvalue weighted by Crippen LogP contribution is 2.35. The molecule has 0 radical (unpaired) electrons. The highest BCUT2D eigenvalue weighted by atomic mass is 16.6. The number of nitrogens with zero attached hydrogens (tertiary/aromatic N) is 1. The summed E-state index contributed by atoms with van der Waals surface area (Å²) in [6, 6.07) is 17.6. The summed E-state index contributed by atoms with van der Waals surface area (Å²) in [5.74, 6) is 0. The topological polar surface area (TPSA) is 77.9 Å². The van der Waals surface area contributed by atoms with Crippen LogP contribution in [-0.2, 0) is 11.2 Å². The third-order valence-electron chi connectivity index (χ3n) is 3.90. The minimum Gasteiger partial charge on any atom is -0.444 e. The molecule has 2 N–H and O–H groups in total. The van der Waals surface area contributed by atoms with E-state index in [0.717, 1.165) is 27.7 Å². The fourth-order valence-corrected chi connectivity index (χ4v) is 2.92. The standard InChI is InChI=1S/C21H21N3O2/c1-21(2,3)26-20(25)24-18-11-7-5-9-16(18)19-15(12-13-22)14-8-4-6-10-17(14)23-19/h4-11,23H,12H2,1-3H3,(H,24,25). The zero-order valence-electron chi connectivity index (χ0n) is 15.1. The lowest BCUT2D eigenvalue weighted by molar-refractivity contribution is 0.0636. The van der Waals surface area contributed by atoms with Crippen molar-refractivity contribution in [2.75, 3.05) is 5.32 Å². The van der Waals surface area contributed by atoms with Gasteiger partial charge in [0.15, 0.2) is 0 Å². The first-order valence-electron chi connectivity index (χ1n) is 8.45. The Balaban J connectivity index is 2.06. The number of hydrogen-bond acceptors (Lipinski definition) is 3. The molecular formula is C21H21N3O2. The maximum absolute atomic E-state index is 12.2. The summed E-state index contributed by atoms with van der Waals surface area (Å²) < 4.78 is 5.36. The molecular weight excluding hydrogens is 326 g/mol. The van der Waals surface area contributed by atoms with Crippen molar-refractivity contribution in [3.05, 3.63) is 54.1 Å². The van der Waals surface area contributed by atoms with Crippen LogP contribution in [0.15, 0.2) is 48.5 Å². The Morgan fingerprint density at radius 1 is 1.15 bits per heavy atom. The summed E-state index contributed by atoms with van der Waals surface area (Å²) in [5.41, 5.74) is 3.58. The van der Waals surface area contributed by atoms with Crippen molar-refractivity contribution in [1.29, 1.82) is 5.26 Å². The minimum absolute atomic E-state index is 0.278. The van der Waals surface area contributed by atoms with Gasteiger partial charge in [-0.25, -0.2) is 4.79 Å². The van der Waals surface area contributed by atoms with Crippen LogP contribution in [0.2, 0.25) is 0 Å². The Kier molecular flexibility index (Phi) is 4.68. The summed E-state index contributed by atoms with van der Waals surface area (Å²) >= 11 is 0. The number of hydrogen-bond donors (Lipinski definition) is 2. The molecule has 0 spiro atoms. The van der Waals surface area contributed by atoms with Gasteiger partial charge in [0.2, 0.25) is 0 Å². The largest absolute Gasteiger partial charge is 0.444 e. The molecule has 0 atom stereocenters. The van der Waals surface area contributed by atoms with Gasteiger partial charge in [0.05, 0.1) is 23.9 Å². The van der Waals surface area contributed by atoms with Gasteiger partial charge in [-0.2, -0.15) is 5.26 Å². The van der Waals surface area contributed by atoms with Gasteiger partial charge in [-0.3, -0.25) is 5.32 Å². The third-order valence-corrected chi connectivity index (χ3v) is 3.90. The fraction of sp³-hybridized carbons (Fsp3) is 0.238. The highest BCUT2D eigenvalue weighted by Gasteiger charge is 2.19. The molecule has 0 fully saturated rings. The number of rotatable bonds is 3. The predicted octanol–water partition coefficient (Wildman–Crippen LogP) is 5.25. The Labute approximate surface area is 152 Å². The van der Waals surface area contributed by atoms with Crippen molar-refractivity contribution < 1.29 is 9.53 Å². The van der Waals surface area contributed by atoms with Gasteiger partial charge in [-0.1, -0.05) is 36.4 Å². The van der Waals surface area contributed by atoms with E-state index in [-0.39, 0.29) is 6.42 Å². The number of carbonyl (C=O) groups excluding carboxylic acids is 1. The molecule has 0 aliphatic rings. The molecule has 0 aliphatic carbocycles. The van der Waals surface area contributed by atoms with E-state index in [1.54, 1.807) is 0 Å². The number of benzene rings is 2. The van der Waals surface area contributed by atoms with Crippen molar-refractivity contribution in [2.45, 2.75) is 32.8 Å². The Morgan fingerprint density at radius 2 is 1.85 bits per heavy atom. The van der Waals surface area contributed by atoms with E-state index in [2.05, 4.69) is 16.4 Å². The zero-order valence-corrected chi connectivity index (χ0v) is 15.1. The number of nitriles is 1. The summed E-state index contributed by atoms with van der Waals surface area (Å²) in [4.78, 5) is 15.6. The average molecular weight is 347 g/mol. The predicted molar refractivity (Wildman–Crippen MR) is 103 cm³/mol. The summed E-state index contributed by atoms with van der Waals surface area (Å²) in [7, 11) is 0. The number of aromatic nitrogens is 1. The summed E-state index contributed by atoms with van der Waals surface area (Å²) in [6.07, 6.45) is -0.233. The van der Waals surface area contributed by atoms with Crippen LogP contribution >= 0.6 is 0 Å². The lowest BCUT2D eigenvalue weighted by Crippen LogP contribution is -2.27. The molecule has 3 aromatic rings. The zero-order chi connectivity index (χ0) is 18.7. The maximum Gasteiger partial charge on any atom is 0.412 e. The summed E-state index contributed by atoms with van der Waals surface area (Å²) in [6.45, 7) is 5.46. The number of nitrogens with one attached hydrogen (secondary N) is 2. The molecule has 0 saturated heterocycles. The van der Waals surface area contributed by atoms with Gasteiger partial charge in [0.1, 0.15) is 5.60 Å². The Morgan fingerprint density at radius 3 is 2.58 bits per heavy atom. The molecule has 132 valence electrons. The second-order valence-electron chi connectivity index (χ2n) is 7.03. The van der Waals surface area contributed by atoms with Crippen LogP contribution in [0.1, 0.15) is 26.3 Å². The fourth-order valence-electron chi connectivity index (χ4n) is 2.92. The first-order valence-corrected chi connectivity index (χ1v) is 8.45. The normalized spacial score (nSPS) is 11.2. The van der Waals surface area contributed by atoms with Gasteiger partial charge in [0.25, 0.3) is 0 Å². The molecule has 0 saturated carbocycles. The van der Waals surface area contributed by atoms with E-state index in [1.165, 1.54) is 0 Å². The highest BCUT2D eigenvalue weighted by molar-refractivity contribution is 5.96. The molecule has 0 aliphatic heterocycles. The molecule has 1 amide bonds. The van der Waals surface area contributed by atoms with Gasteiger partial charge >= 0.3 is 6.09 Å². The van der Waals surface area contributed by atoms with Crippen LogP contribution in [0.4, 0.5) is 10.5 Å². The van der Waals surface area contributed by atoms with Crippen molar-refractivity contribution in [3.8, 4) is 17.3 Å². The lowest BCUT2D eigenvalue weighted by Gasteiger charge is -2.20. The van der Waals surface area contributed by atoms with E-state index in [9.17, 15) is 10.1 Å². The van der Waals surface area contributed by atoms with Gasteiger partial charge in [0, 0.05) is 16.5 Å². The molecule has 0 unspecified atom stereocenters. The van der Waals surface area contributed by atoms with Crippen LogP contribution in [0.5, 0.6) is 0 Å². The number of fused-ring (bicyclic) bond motifs is 1. The molecule has 1 aromatic heterocycles. The van der Waals surface area contributed by atoms with E-state index >= 15 is 0 Å². The van der Waals surface area contributed by atoms with Crippen molar-refractivity contribution >= 4 is 22.7 Å². The molecule has 2 aromatic carbocycles. The van der Waals surface area contributed by atoms with Crippen LogP contribution in [0.25, 0.3) is 22.2 Å². The third kappa shape index (κ3) is 3.70. The number of carbonyl (C=O) groups is 1. The van der Waals surface area contributed by atoms with E-state index < -0.39 is 11.7 Å². The van der Waals surface area contributed by atoms with Gasteiger partial charge in [-0.05, 0) is 38.5 Å². The monoisotopic (exact) mass is 347 g/mol. The molecule has 1 heterocycles. The Hall–Kier alpha value is -3.26. The van der Waals surface area contributed by atoms with Crippen molar-refractivity contribution in [1.82, 2.24) is 4.98 Å². The number of H-pyrrole nitrogens is 1. The van der Waals surface area contributed by atoms with Crippen LogP contribution in [-0.4, -0.2) is 16.7 Å². The first kappa shape index (κ1) is 17.6. The number of aromatic amines is 1. The average Bonchev–Trinajstić information content (AvgIpc) is 2.93. The quantitative estimate of drug-likeness (QED) is 0.679. The minimum atomic E-state index is -0.577. The number of anilines is 1. The lowest BCUT2D eigenvalue weighted by atomic mass is 10.0. The number of ether oxygens (including phenoxy) is 1. The van der Waals surface area contributed by atoms with Crippen LogP contribution in [0.3, 0.4) is 0 Å². The van der Waals surface area contributed by atoms with Crippen LogP contribution < -0.4 is 5.32 Å². The van der Waals surface area contributed by atoms with Crippen LogP contribution in [0, 0.1) is 11.3 Å². The molecule has 3 rings (SSSR count). The van der Waals surface area contributed by atoms with Gasteiger partial charge < -0.3 is 9.72 Å². The second-order valence-corrected chi connectivity index (χ2v) is 7.03. The smallest absolute Gasteiger partial charge is 0.412 e. The molecule has 26 heavy (non-hydrogen) atoms. The number of amides is 1. The molecule has 5 nitrogen and oxygen atoms in total. The second kappa shape index (κ2) is 6.93.